The smallest absolute Gasteiger partial charge is 0.404 e. The number of hydrogen-bond donors (Lipinski definition) is 22. The number of aliphatic imine (C=N–C) groups is 1. The zero-order chi connectivity index (χ0) is 72.4. The van der Waals surface area contributed by atoms with E-state index in [-0.39, 0.29) is 60.0 Å². The molecule has 2 aliphatic heterocycles. The van der Waals surface area contributed by atoms with Crippen LogP contribution in [0.1, 0.15) is 95.2 Å². The number of unbranched alkanes of at least 4 members (excludes halogenated alkanes) is 1. The average Bonchev–Trinajstić information content (AvgIpc) is 0.925. The molecule has 8 amide bonds. The zero-order valence-electron chi connectivity index (χ0n) is 53.3. The average molecular weight is 1430 g/mol. The lowest BCUT2D eigenvalue weighted by atomic mass is 9.96. The molecule has 98 heavy (non-hydrogen) atoms. The predicted molar refractivity (Wildman–Crippen MR) is 340 cm³/mol. The van der Waals surface area contributed by atoms with Crippen LogP contribution in [0.2, 0.25) is 0 Å². The molecule has 6 heterocycles. The number of H-pyrrole nitrogens is 1. The SMILES string of the molecule is Cc1c(N)nc([C@H](CC(N)=O)NC[C@H](N)C(N)=O)nc1C(=O)N[C@H](C(=O)N[C@@H](C)[C@H](O)[C@H](C)C(=O)NC(C(=O)NCCc1nc(-c2nc(C(=O)NCCCCN=C(N)N)cs2)cs1)[C@@H](C)O)[C@@H](O[C@@H]1O[C@@H](CO)[C@@H](O)[C@H](O)[C@@H]1O[C@H]1O[C@H](CO)[C@@H](O)[C@H](OC(N)=O)[C@@H]1O)c1cnc[nH]1. The molecule has 2 saturated heterocycles. The van der Waals surface area contributed by atoms with Gasteiger partial charge in [0.1, 0.15) is 94.6 Å². The molecule has 0 aliphatic carbocycles. The molecule has 41 nitrogen and oxygen atoms in total. The largest absolute Gasteiger partial charge is 0.441 e. The summed E-state index contributed by atoms with van der Waals surface area (Å²) in [4.78, 5) is 135. The first-order chi connectivity index (χ1) is 46.3. The highest BCUT2D eigenvalue weighted by atomic mass is 32.1. The summed E-state index contributed by atoms with van der Waals surface area (Å²) >= 11 is 2.46. The number of guanidine groups is 1. The first kappa shape index (κ1) is 78.6. The minimum atomic E-state index is -2.20. The van der Waals surface area contributed by atoms with E-state index in [1.54, 1.807) is 10.8 Å². The molecule has 0 saturated carbocycles. The van der Waals surface area contributed by atoms with Crippen molar-refractivity contribution in [2.45, 2.75) is 163 Å². The molecule has 2 aliphatic rings. The van der Waals surface area contributed by atoms with Gasteiger partial charge < -0.3 is 142 Å². The molecule has 4 aromatic heterocycles. The number of nitrogen functional groups attached to an aromatic ring is 1. The molecule has 43 heteroatoms. The molecule has 29 N–H and O–H groups in total. The van der Waals surface area contributed by atoms with Crippen molar-refractivity contribution in [2.75, 3.05) is 45.1 Å². The Kier molecular flexibility index (Phi) is 29.2. The van der Waals surface area contributed by atoms with Gasteiger partial charge in [0.2, 0.25) is 29.5 Å². The molecular weight excluding hydrogens is 1340 g/mol. The number of thiazole rings is 2. The Labute approximate surface area is 565 Å². The Bertz CT molecular complexity index is 3380. The Balaban J connectivity index is 1.24. The van der Waals surface area contributed by atoms with Gasteiger partial charge in [-0.3, -0.25) is 38.6 Å². The Hall–Kier alpha value is -8.38. The van der Waals surface area contributed by atoms with Crippen LogP contribution in [0.15, 0.2) is 28.3 Å². The Morgan fingerprint density at radius 2 is 1.46 bits per heavy atom. The van der Waals surface area contributed by atoms with Crippen LogP contribution >= 0.6 is 22.7 Å². The van der Waals surface area contributed by atoms with Crippen molar-refractivity contribution in [3.05, 3.63) is 56.8 Å². The maximum Gasteiger partial charge on any atom is 0.404 e. The van der Waals surface area contributed by atoms with Crippen LogP contribution in [-0.4, -0.2) is 261 Å². The maximum atomic E-state index is 15.2. The number of hydrogen-bond acceptors (Lipinski definition) is 32. The fraction of sp³-hybridized carbons (Fsp3) is 0.600. The van der Waals surface area contributed by atoms with Gasteiger partial charge in [-0.25, -0.2) is 29.7 Å². The summed E-state index contributed by atoms with van der Waals surface area (Å²) in [5.74, 6) is -8.85. The normalized spacial score (nSPS) is 23.6. The van der Waals surface area contributed by atoms with E-state index in [1.165, 1.54) is 50.4 Å². The van der Waals surface area contributed by atoms with E-state index < -0.39 is 183 Å². The number of nitrogens with zero attached hydrogens (tertiary/aromatic N) is 6. The number of nitrogens with one attached hydrogen (secondary N) is 7. The van der Waals surface area contributed by atoms with Crippen molar-refractivity contribution in [3.63, 3.8) is 0 Å². The molecule has 0 aromatic carbocycles. The number of imidazole rings is 1. The van der Waals surface area contributed by atoms with Crippen LogP contribution in [-0.2, 0) is 54.1 Å². The van der Waals surface area contributed by atoms with Crippen molar-refractivity contribution >= 4 is 81.9 Å². The van der Waals surface area contributed by atoms with E-state index in [9.17, 15) is 74.4 Å². The van der Waals surface area contributed by atoms with Crippen LogP contribution in [0.25, 0.3) is 10.7 Å². The van der Waals surface area contributed by atoms with Crippen LogP contribution < -0.4 is 72.0 Å². The highest BCUT2D eigenvalue weighted by Gasteiger charge is 2.54. The number of primary amides is 3. The number of anilines is 1. The number of carbonyl (C=O) groups is 8. The summed E-state index contributed by atoms with van der Waals surface area (Å²) in [7, 11) is 0. The highest BCUT2D eigenvalue weighted by molar-refractivity contribution is 7.14. The highest BCUT2D eigenvalue weighted by Crippen LogP contribution is 2.35. The van der Waals surface area contributed by atoms with Gasteiger partial charge in [0.05, 0.1) is 72.7 Å². The fourth-order valence-electron chi connectivity index (χ4n) is 9.88. The van der Waals surface area contributed by atoms with Crippen molar-refractivity contribution < 1.29 is 103 Å². The number of ether oxygens (including phenoxy) is 5. The molecular formula is C55H84N20O21S2. The number of nitrogens with two attached hydrogens (primary N) is 7. The Morgan fingerprint density at radius 1 is 0.765 bits per heavy atom. The van der Waals surface area contributed by atoms with E-state index in [0.29, 0.717) is 41.6 Å². The number of amides is 8. The second kappa shape index (κ2) is 36.5. The van der Waals surface area contributed by atoms with E-state index in [2.05, 4.69) is 66.8 Å². The van der Waals surface area contributed by atoms with Crippen LogP contribution in [0, 0.1) is 12.8 Å². The monoisotopic (exact) mass is 1420 g/mol. The molecule has 0 spiro atoms. The zero-order valence-corrected chi connectivity index (χ0v) is 54.9. The standard InChI is InChI=1S/C55H84N20O21S2/c1-19-32(72-45(75-43(19)58)24(11-30(57)79)67-12-23(56)44(59)85)49(89)74-34(40(25-13-63-18-68-25)94-53-42(38(83)36(81)28(14-76)93-53)95-52-39(84)41(96-55(62)91)37(82)29(15-77)92-52)50(90)69-21(3)35(80)20(2)46(86)73-33(22(4)78)48(88)65-10-7-31-70-27(17-97-31)51-71-26(16-98-51)47(87)64-8-5-6-9-66-54(60)61/h13,16-18,20-24,28-29,33-42,52-53,67,76-78,80-84H,5-12,14-15,56H2,1-4H3,(H2,57,79)(H2,59,85)(H2,62,91)(H,63,68)(H,64,87)(H,65,88)(H,69,90)(H,73,86)(H,74,89)(H2,58,72,75)(H4,60,61,66)/t20-,21-,22+,23-,24-,28-,29+,33?,34-,35+,36+,37+,38-,39-,40-,41-,42-,52+,53-/m0/s1. The second-order valence-electron chi connectivity index (χ2n) is 22.8. The molecule has 19 atom stereocenters. The summed E-state index contributed by atoms with van der Waals surface area (Å²) in [6.07, 6.45) is -23.9. The van der Waals surface area contributed by atoms with Crippen molar-refractivity contribution in [1.82, 2.24) is 61.8 Å². The van der Waals surface area contributed by atoms with Crippen molar-refractivity contribution in [2.24, 2.45) is 45.3 Å². The summed E-state index contributed by atoms with van der Waals surface area (Å²) < 4.78 is 28.7. The summed E-state index contributed by atoms with van der Waals surface area (Å²) in [5, 5.41) is 108. The lowest BCUT2D eigenvalue weighted by Crippen LogP contribution is -2.65. The summed E-state index contributed by atoms with van der Waals surface area (Å²) in [6, 6.07) is -7.89. The lowest BCUT2D eigenvalue weighted by Gasteiger charge is -2.47. The van der Waals surface area contributed by atoms with Gasteiger partial charge in [-0.2, -0.15) is 0 Å². The van der Waals surface area contributed by atoms with Crippen molar-refractivity contribution in [1.29, 1.82) is 0 Å². The molecule has 2 fully saturated rings. The van der Waals surface area contributed by atoms with Gasteiger partial charge in [0.15, 0.2) is 24.6 Å². The van der Waals surface area contributed by atoms with Crippen molar-refractivity contribution in [3.8, 4) is 10.7 Å². The van der Waals surface area contributed by atoms with Gasteiger partial charge >= 0.3 is 6.09 Å². The summed E-state index contributed by atoms with van der Waals surface area (Å²) in [6.45, 7) is 3.39. The topological polar surface area (TPSA) is 691 Å². The van der Waals surface area contributed by atoms with Gasteiger partial charge in [-0.15, -0.1) is 22.7 Å². The Morgan fingerprint density at radius 3 is 2.09 bits per heavy atom. The van der Waals surface area contributed by atoms with E-state index in [0.717, 1.165) is 12.5 Å². The lowest BCUT2D eigenvalue weighted by molar-refractivity contribution is -0.372. The van der Waals surface area contributed by atoms with Gasteiger partial charge in [0.25, 0.3) is 11.8 Å². The second-order valence-corrected chi connectivity index (χ2v) is 24.6. The molecule has 0 bridgehead atoms. The summed E-state index contributed by atoms with van der Waals surface area (Å²) in [5.41, 5.74) is 38.6. The minimum Gasteiger partial charge on any atom is -0.441 e. The van der Waals surface area contributed by atoms with E-state index >= 15 is 4.79 Å². The molecule has 542 valence electrons. The number of aromatic amines is 1. The van der Waals surface area contributed by atoms with E-state index in [1.807, 2.05) is 0 Å². The van der Waals surface area contributed by atoms with Crippen LogP contribution in [0.5, 0.6) is 0 Å². The van der Waals surface area contributed by atoms with E-state index in [4.69, 9.17) is 63.8 Å². The van der Waals surface area contributed by atoms with Crippen LogP contribution in [0.4, 0.5) is 10.6 Å². The maximum absolute atomic E-state index is 15.2. The number of aliphatic hydroxyl groups is 8. The third-order valence-corrected chi connectivity index (χ3v) is 17.2. The van der Waals surface area contributed by atoms with Gasteiger partial charge in [0, 0.05) is 55.3 Å². The third-order valence-electron chi connectivity index (χ3n) is 15.4. The molecule has 6 rings (SSSR count). The first-order valence-electron chi connectivity index (χ1n) is 30.4. The number of carbonyl (C=O) groups excluding carboxylic acids is 8. The van der Waals surface area contributed by atoms with Crippen LogP contribution in [0.3, 0.4) is 0 Å². The fourth-order valence-corrected chi connectivity index (χ4v) is 11.5. The minimum absolute atomic E-state index is 0.0175. The molecule has 0 radical (unpaired) electrons. The number of aromatic nitrogens is 6. The van der Waals surface area contributed by atoms with Gasteiger partial charge in [-0.05, 0) is 33.6 Å². The third kappa shape index (κ3) is 21.1. The number of aliphatic hydroxyl groups excluding tert-OH is 8. The number of rotatable bonds is 36. The van der Waals surface area contributed by atoms with Gasteiger partial charge in [-0.1, -0.05) is 6.92 Å². The first-order valence-corrected chi connectivity index (χ1v) is 32.1. The molecule has 4 aromatic rings. The predicted octanol–water partition coefficient (Wildman–Crippen LogP) is -8.92. The quantitative estimate of drug-likeness (QED) is 0.0114. The molecule has 1 unspecified atom stereocenters.